The van der Waals surface area contributed by atoms with Gasteiger partial charge in [-0.1, -0.05) is 13.8 Å². The van der Waals surface area contributed by atoms with E-state index in [1.165, 1.54) is 38.5 Å². The molecular weight excluding hydrogens is 158 g/mol. The summed E-state index contributed by atoms with van der Waals surface area (Å²) in [7, 11) is 2.33. The zero-order valence-electron chi connectivity index (χ0n) is 9.34. The second-order valence-corrected chi connectivity index (χ2v) is 5.79. The van der Waals surface area contributed by atoms with Crippen LogP contribution in [0.4, 0.5) is 0 Å². The molecule has 2 aliphatic carbocycles. The molecule has 0 atom stereocenters. The molecule has 2 aliphatic rings. The van der Waals surface area contributed by atoms with E-state index in [0.29, 0.717) is 5.41 Å². The second kappa shape index (κ2) is 3.27. The van der Waals surface area contributed by atoms with Crippen LogP contribution < -0.4 is 0 Å². The fourth-order valence-electron chi connectivity index (χ4n) is 2.57. The van der Waals surface area contributed by atoms with E-state index in [9.17, 15) is 0 Å². The van der Waals surface area contributed by atoms with Gasteiger partial charge in [0.1, 0.15) is 0 Å². The fourth-order valence-corrected chi connectivity index (χ4v) is 2.57. The molecule has 13 heavy (non-hydrogen) atoms. The van der Waals surface area contributed by atoms with Gasteiger partial charge in [-0.15, -0.1) is 0 Å². The van der Waals surface area contributed by atoms with Crippen molar-refractivity contribution in [2.75, 3.05) is 7.05 Å². The average Bonchev–Trinajstić information content (AvgIpc) is 2.85. The maximum absolute atomic E-state index is 2.65. The van der Waals surface area contributed by atoms with E-state index in [4.69, 9.17) is 0 Å². The summed E-state index contributed by atoms with van der Waals surface area (Å²) in [6, 6.07) is 1.85. The molecule has 0 aromatic rings. The van der Waals surface area contributed by atoms with E-state index in [0.717, 1.165) is 12.1 Å². The molecule has 1 heteroatoms. The highest BCUT2D eigenvalue weighted by molar-refractivity contribution is 4.90. The highest BCUT2D eigenvalue weighted by Gasteiger charge is 2.34. The Hall–Kier alpha value is -0.0400. The van der Waals surface area contributed by atoms with Gasteiger partial charge in [0.2, 0.25) is 0 Å². The lowest BCUT2D eigenvalue weighted by molar-refractivity contribution is 0.122. The molecule has 0 N–H and O–H groups in total. The van der Waals surface area contributed by atoms with Crippen molar-refractivity contribution < 1.29 is 0 Å². The minimum Gasteiger partial charge on any atom is -0.300 e. The summed E-state index contributed by atoms with van der Waals surface area (Å²) in [6.45, 7) is 4.83. The summed E-state index contributed by atoms with van der Waals surface area (Å²) >= 11 is 0. The van der Waals surface area contributed by atoms with E-state index in [1.807, 2.05) is 0 Å². The standard InChI is InChI=1S/C12H23N/c1-12(2)8-6-11(7-9-12)13(3)10-4-5-10/h10-11H,4-9H2,1-3H3. The summed E-state index contributed by atoms with van der Waals surface area (Å²) in [5.74, 6) is 0. The maximum atomic E-state index is 2.65. The number of nitrogens with zero attached hydrogens (tertiary/aromatic N) is 1. The van der Waals surface area contributed by atoms with Gasteiger partial charge in [0.15, 0.2) is 0 Å². The Morgan fingerprint density at radius 3 is 1.85 bits per heavy atom. The molecule has 0 radical (unpaired) electrons. The topological polar surface area (TPSA) is 3.24 Å². The Balaban J connectivity index is 1.83. The molecule has 1 nitrogen and oxygen atoms in total. The second-order valence-electron chi connectivity index (χ2n) is 5.79. The van der Waals surface area contributed by atoms with Gasteiger partial charge in [0, 0.05) is 12.1 Å². The lowest BCUT2D eigenvalue weighted by atomic mass is 9.75. The van der Waals surface area contributed by atoms with Crippen molar-refractivity contribution in [2.24, 2.45) is 5.41 Å². The molecule has 0 saturated heterocycles. The zero-order chi connectivity index (χ0) is 9.47. The quantitative estimate of drug-likeness (QED) is 0.633. The van der Waals surface area contributed by atoms with Crippen LogP contribution in [0.25, 0.3) is 0 Å². The highest BCUT2D eigenvalue weighted by atomic mass is 15.2. The first-order valence-corrected chi connectivity index (χ1v) is 5.80. The summed E-state index contributed by atoms with van der Waals surface area (Å²) in [6.07, 6.45) is 8.62. The van der Waals surface area contributed by atoms with E-state index in [-0.39, 0.29) is 0 Å². The van der Waals surface area contributed by atoms with Gasteiger partial charge in [0.25, 0.3) is 0 Å². The van der Waals surface area contributed by atoms with Crippen molar-refractivity contribution in [3.8, 4) is 0 Å². The first kappa shape index (κ1) is 9.51. The number of hydrogen-bond acceptors (Lipinski definition) is 1. The maximum Gasteiger partial charge on any atom is 0.00963 e. The molecular formula is C12H23N. The van der Waals surface area contributed by atoms with Crippen LogP contribution in [0.3, 0.4) is 0 Å². The average molecular weight is 181 g/mol. The van der Waals surface area contributed by atoms with Crippen molar-refractivity contribution in [2.45, 2.75) is 64.5 Å². The van der Waals surface area contributed by atoms with E-state index in [1.54, 1.807) is 0 Å². The Morgan fingerprint density at radius 2 is 1.38 bits per heavy atom. The molecule has 0 amide bonds. The van der Waals surface area contributed by atoms with Crippen LogP contribution in [0.15, 0.2) is 0 Å². The van der Waals surface area contributed by atoms with Crippen molar-refractivity contribution in [3.05, 3.63) is 0 Å². The third-order valence-corrected chi connectivity index (χ3v) is 4.01. The van der Waals surface area contributed by atoms with E-state index in [2.05, 4.69) is 25.8 Å². The molecule has 0 bridgehead atoms. The van der Waals surface area contributed by atoms with Crippen molar-refractivity contribution >= 4 is 0 Å². The van der Waals surface area contributed by atoms with E-state index >= 15 is 0 Å². The molecule has 76 valence electrons. The van der Waals surface area contributed by atoms with Crippen LogP contribution in [0, 0.1) is 5.41 Å². The van der Waals surface area contributed by atoms with Gasteiger partial charge in [-0.3, -0.25) is 0 Å². The SMILES string of the molecule is CN(C1CC1)C1CCC(C)(C)CC1. The minimum atomic E-state index is 0.626. The molecule has 0 aromatic carbocycles. The number of hydrogen-bond donors (Lipinski definition) is 0. The third-order valence-electron chi connectivity index (χ3n) is 4.01. The third kappa shape index (κ3) is 2.25. The number of rotatable bonds is 2. The molecule has 0 unspecified atom stereocenters. The summed E-state index contributed by atoms with van der Waals surface area (Å²) in [5, 5.41) is 0. The molecule has 0 heterocycles. The zero-order valence-corrected chi connectivity index (χ0v) is 9.34. The van der Waals surface area contributed by atoms with Crippen LogP contribution in [0.1, 0.15) is 52.4 Å². The van der Waals surface area contributed by atoms with Crippen LogP contribution in [-0.2, 0) is 0 Å². The predicted octanol–water partition coefficient (Wildman–Crippen LogP) is 3.05. The Bertz CT molecular complexity index is 172. The minimum absolute atomic E-state index is 0.626. The van der Waals surface area contributed by atoms with Gasteiger partial charge < -0.3 is 4.90 Å². The van der Waals surface area contributed by atoms with Crippen LogP contribution in [-0.4, -0.2) is 24.0 Å². The Labute approximate surface area is 82.5 Å². The molecule has 2 rings (SSSR count). The van der Waals surface area contributed by atoms with Crippen molar-refractivity contribution in [1.82, 2.24) is 4.90 Å². The summed E-state index contributed by atoms with van der Waals surface area (Å²) in [5.41, 5.74) is 0.626. The summed E-state index contributed by atoms with van der Waals surface area (Å²) in [4.78, 5) is 2.65. The molecule has 0 aromatic heterocycles. The lowest BCUT2D eigenvalue weighted by Gasteiger charge is -2.38. The lowest BCUT2D eigenvalue weighted by Crippen LogP contribution is -2.38. The first-order chi connectivity index (χ1) is 6.08. The Morgan fingerprint density at radius 1 is 0.923 bits per heavy atom. The highest BCUT2D eigenvalue weighted by Crippen LogP contribution is 2.39. The largest absolute Gasteiger partial charge is 0.300 e. The molecule has 0 spiro atoms. The molecule has 2 fully saturated rings. The van der Waals surface area contributed by atoms with Crippen LogP contribution in [0.5, 0.6) is 0 Å². The monoisotopic (exact) mass is 181 g/mol. The Kier molecular flexibility index (Phi) is 2.39. The first-order valence-electron chi connectivity index (χ1n) is 5.80. The van der Waals surface area contributed by atoms with E-state index < -0.39 is 0 Å². The molecule has 2 saturated carbocycles. The predicted molar refractivity (Wildman–Crippen MR) is 56.8 cm³/mol. The van der Waals surface area contributed by atoms with Crippen LogP contribution in [0.2, 0.25) is 0 Å². The van der Waals surface area contributed by atoms with Crippen molar-refractivity contribution in [3.63, 3.8) is 0 Å². The summed E-state index contributed by atoms with van der Waals surface area (Å²) < 4.78 is 0. The van der Waals surface area contributed by atoms with Gasteiger partial charge in [0.05, 0.1) is 0 Å². The normalized spacial score (nSPS) is 29.5. The van der Waals surface area contributed by atoms with Gasteiger partial charge in [-0.25, -0.2) is 0 Å². The molecule has 0 aliphatic heterocycles. The van der Waals surface area contributed by atoms with Gasteiger partial charge >= 0.3 is 0 Å². The van der Waals surface area contributed by atoms with Crippen LogP contribution >= 0.6 is 0 Å². The van der Waals surface area contributed by atoms with Gasteiger partial charge in [-0.05, 0) is 51.0 Å². The van der Waals surface area contributed by atoms with Crippen molar-refractivity contribution in [1.29, 1.82) is 0 Å². The smallest absolute Gasteiger partial charge is 0.00963 e. The van der Waals surface area contributed by atoms with Gasteiger partial charge in [-0.2, -0.15) is 0 Å². The fraction of sp³-hybridized carbons (Fsp3) is 1.00.